The van der Waals surface area contributed by atoms with Crippen LogP contribution in [0.4, 0.5) is 21.5 Å². The first-order chi connectivity index (χ1) is 15.9. The largest absolute Gasteiger partial charge is 0.465 e. The molecular formula is C29H28FNO2. The van der Waals surface area contributed by atoms with E-state index in [1.54, 1.807) is 12.1 Å². The molecule has 0 unspecified atom stereocenters. The van der Waals surface area contributed by atoms with Gasteiger partial charge in [-0.05, 0) is 70.4 Å². The minimum atomic E-state index is -0.350. The Bertz CT molecular complexity index is 1330. The molecule has 0 saturated heterocycles. The number of ether oxygens (including phenoxy) is 1. The molecule has 0 aliphatic carbocycles. The van der Waals surface area contributed by atoms with Gasteiger partial charge >= 0.3 is 5.97 Å². The maximum Gasteiger partial charge on any atom is 0.337 e. The minimum Gasteiger partial charge on any atom is -0.465 e. The van der Waals surface area contributed by atoms with Crippen LogP contribution in [0.25, 0.3) is 10.8 Å². The van der Waals surface area contributed by atoms with Gasteiger partial charge in [0.1, 0.15) is 5.82 Å². The number of esters is 1. The summed E-state index contributed by atoms with van der Waals surface area (Å²) in [6.45, 7) is 8.45. The number of hydrogen-bond donors (Lipinski definition) is 0. The van der Waals surface area contributed by atoms with Crippen LogP contribution in [0.1, 0.15) is 49.2 Å². The molecular weight excluding hydrogens is 413 g/mol. The van der Waals surface area contributed by atoms with E-state index >= 15 is 0 Å². The monoisotopic (exact) mass is 441 g/mol. The molecule has 0 saturated carbocycles. The van der Waals surface area contributed by atoms with Crippen molar-refractivity contribution in [2.45, 2.75) is 33.1 Å². The van der Waals surface area contributed by atoms with Crippen LogP contribution >= 0.6 is 0 Å². The maximum atomic E-state index is 13.7. The third-order valence-corrected chi connectivity index (χ3v) is 6.19. The Morgan fingerprint density at radius 3 is 2.27 bits per heavy atom. The summed E-state index contributed by atoms with van der Waals surface area (Å²) in [6.07, 6.45) is 0. The number of hydrogen-bond acceptors (Lipinski definition) is 3. The maximum absolute atomic E-state index is 13.7. The van der Waals surface area contributed by atoms with E-state index in [2.05, 4.69) is 43.0 Å². The van der Waals surface area contributed by atoms with Gasteiger partial charge in [0.15, 0.2) is 0 Å². The Kier molecular flexibility index (Phi) is 5.94. The lowest BCUT2D eigenvalue weighted by atomic mass is 9.71. The van der Waals surface area contributed by atoms with Crippen molar-refractivity contribution in [3.8, 4) is 0 Å². The molecule has 0 spiro atoms. The van der Waals surface area contributed by atoms with E-state index < -0.39 is 0 Å². The predicted octanol–water partition coefficient (Wildman–Crippen LogP) is 7.90. The van der Waals surface area contributed by atoms with Gasteiger partial charge in [0.2, 0.25) is 0 Å². The Morgan fingerprint density at radius 2 is 1.58 bits per heavy atom. The standard InChI is InChI=1S/C27H22FNO2.C2H6/c1-27(2)22-6-4-5-7-23(22)29(20-12-10-19(28)11-13-20)24-15-9-17-16-18(26(30)31-3)8-14-21(17)25(24)27;1-2/h4-16H,1-3H3;1-2H3. The number of halogens is 1. The second kappa shape index (κ2) is 8.70. The average molecular weight is 442 g/mol. The third-order valence-electron chi connectivity index (χ3n) is 6.19. The van der Waals surface area contributed by atoms with Crippen LogP contribution in [-0.2, 0) is 10.2 Å². The van der Waals surface area contributed by atoms with Crippen LogP contribution in [0.15, 0.2) is 78.9 Å². The molecule has 0 atom stereocenters. The summed E-state index contributed by atoms with van der Waals surface area (Å²) in [5.74, 6) is -0.611. The molecule has 0 aromatic heterocycles. The fourth-order valence-electron chi connectivity index (χ4n) is 4.74. The topological polar surface area (TPSA) is 29.5 Å². The minimum absolute atomic E-state index is 0.261. The normalized spacial score (nSPS) is 13.5. The van der Waals surface area contributed by atoms with Crippen LogP contribution in [0.3, 0.4) is 0 Å². The second-order valence-corrected chi connectivity index (χ2v) is 8.34. The summed E-state index contributed by atoms with van der Waals surface area (Å²) < 4.78 is 18.5. The molecule has 4 aromatic carbocycles. The number of benzene rings is 4. The van der Waals surface area contributed by atoms with Crippen LogP contribution in [0.2, 0.25) is 0 Å². The number of methoxy groups -OCH3 is 1. The Morgan fingerprint density at radius 1 is 0.879 bits per heavy atom. The molecule has 0 fully saturated rings. The smallest absolute Gasteiger partial charge is 0.337 e. The summed E-state index contributed by atoms with van der Waals surface area (Å²) in [5, 5.41) is 2.06. The van der Waals surface area contributed by atoms with E-state index in [0.717, 1.165) is 27.8 Å². The number of para-hydroxylation sites is 1. The molecule has 1 aliphatic heterocycles. The van der Waals surface area contributed by atoms with E-state index in [-0.39, 0.29) is 17.2 Å². The van der Waals surface area contributed by atoms with Crippen molar-refractivity contribution in [3.05, 3.63) is 101 Å². The van der Waals surface area contributed by atoms with Gasteiger partial charge in [0, 0.05) is 11.1 Å². The third kappa shape index (κ3) is 3.66. The fourth-order valence-corrected chi connectivity index (χ4v) is 4.74. The molecule has 33 heavy (non-hydrogen) atoms. The number of carbonyl (C=O) groups excluding carboxylic acids is 1. The Balaban J connectivity index is 0.00000126. The van der Waals surface area contributed by atoms with E-state index in [9.17, 15) is 9.18 Å². The molecule has 0 radical (unpaired) electrons. The summed E-state index contributed by atoms with van der Waals surface area (Å²) in [4.78, 5) is 14.2. The SMILES string of the molecule is CC.COC(=O)c1ccc2c3c(ccc2c1)N(c1ccc(F)cc1)c1ccccc1C3(C)C. The highest BCUT2D eigenvalue weighted by Gasteiger charge is 2.38. The molecule has 0 amide bonds. The molecule has 0 bridgehead atoms. The zero-order valence-corrected chi connectivity index (χ0v) is 19.6. The van der Waals surface area contributed by atoms with Gasteiger partial charge in [0.25, 0.3) is 0 Å². The first-order valence-electron chi connectivity index (χ1n) is 11.2. The summed E-state index contributed by atoms with van der Waals surface area (Å²) in [5.41, 5.74) is 5.65. The summed E-state index contributed by atoms with van der Waals surface area (Å²) in [6, 6.07) is 24.7. The van der Waals surface area contributed by atoms with E-state index in [1.165, 1.54) is 30.4 Å². The van der Waals surface area contributed by atoms with Gasteiger partial charge in [-0.15, -0.1) is 0 Å². The lowest BCUT2D eigenvalue weighted by Gasteiger charge is -2.42. The molecule has 4 heteroatoms. The van der Waals surface area contributed by atoms with Gasteiger partial charge in [-0.1, -0.05) is 58.0 Å². The van der Waals surface area contributed by atoms with E-state index in [4.69, 9.17) is 4.74 Å². The number of anilines is 3. The van der Waals surface area contributed by atoms with Gasteiger partial charge in [-0.3, -0.25) is 0 Å². The van der Waals surface area contributed by atoms with Crippen LogP contribution < -0.4 is 4.90 Å². The van der Waals surface area contributed by atoms with Crippen LogP contribution in [0, 0.1) is 5.82 Å². The van der Waals surface area contributed by atoms with Crippen molar-refractivity contribution in [1.29, 1.82) is 0 Å². The highest BCUT2D eigenvalue weighted by molar-refractivity contribution is 6.01. The highest BCUT2D eigenvalue weighted by atomic mass is 19.1. The zero-order valence-electron chi connectivity index (χ0n) is 19.6. The average Bonchev–Trinajstić information content (AvgIpc) is 2.85. The summed E-state index contributed by atoms with van der Waals surface area (Å²) in [7, 11) is 1.39. The molecule has 3 nitrogen and oxygen atoms in total. The van der Waals surface area contributed by atoms with E-state index in [1.807, 2.05) is 44.2 Å². The molecule has 5 rings (SSSR count). The molecule has 168 valence electrons. The second-order valence-electron chi connectivity index (χ2n) is 8.34. The predicted molar refractivity (Wildman–Crippen MR) is 133 cm³/mol. The van der Waals surface area contributed by atoms with Gasteiger partial charge in [-0.25, -0.2) is 9.18 Å². The molecule has 0 N–H and O–H groups in total. The van der Waals surface area contributed by atoms with Gasteiger partial charge in [-0.2, -0.15) is 0 Å². The first kappa shape index (κ1) is 22.5. The van der Waals surface area contributed by atoms with Crippen LogP contribution in [0.5, 0.6) is 0 Å². The van der Waals surface area contributed by atoms with E-state index in [0.29, 0.717) is 5.56 Å². The lowest BCUT2D eigenvalue weighted by molar-refractivity contribution is 0.0601. The highest BCUT2D eigenvalue weighted by Crippen LogP contribution is 2.53. The zero-order chi connectivity index (χ0) is 23.8. The van der Waals surface area contributed by atoms with Crippen molar-refractivity contribution in [2.24, 2.45) is 0 Å². The van der Waals surface area contributed by atoms with Crippen molar-refractivity contribution in [1.82, 2.24) is 0 Å². The molecule has 4 aromatic rings. The van der Waals surface area contributed by atoms with Gasteiger partial charge < -0.3 is 9.64 Å². The number of fused-ring (bicyclic) bond motifs is 4. The van der Waals surface area contributed by atoms with Gasteiger partial charge in [0.05, 0.1) is 24.0 Å². The summed E-state index contributed by atoms with van der Waals surface area (Å²) >= 11 is 0. The van der Waals surface area contributed by atoms with Crippen molar-refractivity contribution in [3.63, 3.8) is 0 Å². The quantitative estimate of drug-likeness (QED) is 0.296. The number of rotatable bonds is 2. The van der Waals surface area contributed by atoms with Crippen molar-refractivity contribution >= 4 is 33.8 Å². The lowest BCUT2D eigenvalue weighted by Crippen LogP contribution is -2.30. The Labute approximate surface area is 194 Å². The van der Waals surface area contributed by atoms with Crippen molar-refractivity contribution < 1.29 is 13.9 Å². The number of nitrogens with zero attached hydrogens (tertiary/aromatic N) is 1. The van der Waals surface area contributed by atoms with Crippen LogP contribution in [-0.4, -0.2) is 13.1 Å². The molecule has 1 heterocycles. The first-order valence-corrected chi connectivity index (χ1v) is 11.2. The molecule has 1 aliphatic rings. The Hall–Kier alpha value is -3.66. The fraction of sp³-hybridized carbons (Fsp3) is 0.207. The van der Waals surface area contributed by atoms with Crippen molar-refractivity contribution in [2.75, 3.05) is 12.0 Å². The number of carbonyl (C=O) groups is 1.